The smallest absolute Gasteiger partial charge is 0.00596 e. The Bertz CT molecular complexity index is 206. The Hall–Kier alpha value is 0.960. The number of hydrogen-bond acceptors (Lipinski definition) is 0. The number of hydrogen-bond donors (Lipinski definition) is 0. The van der Waals surface area contributed by atoms with E-state index >= 15 is 0 Å². The first-order valence-electron chi connectivity index (χ1n) is 11.8. The molecule has 2 heteroatoms. The molecule has 0 aromatic heterocycles. The molecule has 0 amide bonds. The fourth-order valence-corrected chi connectivity index (χ4v) is 4.60. The average molecular weight is 498 g/mol. The summed E-state index contributed by atoms with van der Waals surface area (Å²) in [6.07, 6.45) is 22.5. The first-order valence-corrected chi connectivity index (χ1v) is 14.1. The van der Waals surface area contributed by atoms with Crippen LogP contribution in [0.1, 0.15) is 130 Å². The molecule has 0 saturated heterocycles. The Labute approximate surface area is 184 Å². The molecule has 0 heterocycles. The zero-order chi connectivity index (χ0) is 19.9. The summed E-state index contributed by atoms with van der Waals surface area (Å²) in [6.45, 7) is 9.11. The van der Waals surface area contributed by atoms with Crippen LogP contribution in [0.3, 0.4) is 0 Å². The van der Waals surface area contributed by atoms with Gasteiger partial charge in [-0.25, -0.2) is 0 Å². The van der Waals surface area contributed by atoms with Crippen molar-refractivity contribution in [2.24, 2.45) is 11.8 Å². The highest BCUT2D eigenvalue weighted by Crippen LogP contribution is 2.20. The Kier molecular flexibility index (Phi) is 29.1. The average Bonchev–Trinajstić information content (AvgIpc) is 2.67. The molecule has 0 bridgehead atoms. The maximum absolute atomic E-state index is 3.62. The van der Waals surface area contributed by atoms with Gasteiger partial charge < -0.3 is 0 Å². The van der Waals surface area contributed by atoms with Crippen molar-refractivity contribution in [3.8, 4) is 0 Å². The third kappa shape index (κ3) is 23.0. The van der Waals surface area contributed by atoms with Gasteiger partial charge in [0.15, 0.2) is 0 Å². The van der Waals surface area contributed by atoms with E-state index in [2.05, 4.69) is 59.6 Å². The second-order valence-corrected chi connectivity index (χ2v) is 9.32. The lowest BCUT2D eigenvalue weighted by molar-refractivity contribution is 0.453. The van der Waals surface area contributed by atoms with Gasteiger partial charge >= 0.3 is 0 Å². The predicted octanol–water partition coefficient (Wildman–Crippen LogP) is 10.3. The van der Waals surface area contributed by atoms with Crippen molar-refractivity contribution in [1.29, 1.82) is 0 Å². The van der Waals surface area contributed by atoms with Crippen LogP contribution in [0.15, 0.2) is 0 Å². The van der Waals surface area contributed by atoms with Crippen LogP contribution >= 0.6 is 31.9 Å². The van der Waals surface area contributed by atoms with E-state index in [0.717, 1.165) is 11.8 Å². The minimum Gasteiger partial charge on any atom is -0.0925 e. The van der Waals surface area contributed by atoms with Gasteiger partial charge in [0.05, 0.1) is 0 Å². The molecule has 160 valence electrons. The van der Waals surface area contributed by atoms with Crippen LogP contribution in [-0.4, -0.2) is 10.7 Å². The quantitative estimate of drug-likeness (QED) is 0.130. The van der Waals surface area contributed by atoms with E-state index in [4.69, 9.17) is 0 Å². The summed E-state index contributed by atoms with van der Waals surface area (Å²) in [4.78, 5) is 0. The van der Waals surface area contributed by atoms with Gasteiger partial charge in [0.1, 0.15) is 0 Å². The van der Waals surface area contributed by atoms with E-state index in [1.54, 1.807) is 0 Å². The third-order valence-corrected chi connectivity index (χ3v) is 7.13. The van der Waals surface area contributed by atoms with Crippen LogP contribution in [0.25, 0.3) is 0 Å². The highest BCUT2D eigenvalue weighted by molar-refractivity contribution is 9.09. The maximum atomic E-state index is 3.62. The molecular weight excluding hydrogens is 448 g/mol. The SMILES string of the molecule is CCCCCCC(CBr)CCCC.CCCCCCC(CBr)CCCC. The second-order valence-electron chi connectivity index (χ2n) is 8.02. The Morgan fingerprint density at radius 3 is 1.00 bits per heavy atom. The van der Waals surface area contributed by atoms with Gasteiger partial charge in [-0.15, -0.1) is 0 Å². The van der Waals surface area contributed by atoms with Crippen molar-refractivity contribution in [2.45, 2.75) is 130 Å². The van der Waals surface area contributed by atoms with Crippen LogP contribution in [0.2, 0.25) is 0 Å². The molecule has 0 aliphatic heterocycles. The van der Waals surface area contributed by atoms with E-state index in [-0.39, 0.29) is 0 Å². The predicted molar refractivity (Wildman–Crippen MR) is 131 cm³/mol. The summed E-state index contributed by atoms with van der Waals surface area (Å²) in [5, 5.41) is 2.41. The zero-order valence-electron chi connectivity index (χ0n) is 18.6. The molecule has 2 atom stereocenters. The Balaban J connectivity index is 0. The Morgan fingerprint density at radius 1 is 0.423 bits per heavy atom. The molecule has 0 radical (unpaired) electrons. The summed E-state index contributed by atoms with van der Waals surface area (Å²) in [5.41, 5.74) is 0. The van der Waals surface area contributed by atoms with Crippen molar-refractivity contribution in [3.63, 3.8) is 0 Å². The Morgan fingerprint density at radius 2 is 0.731 bits per heavy atom. The topological polar surface area (TPSA) is 0 Å². The summed E-state index contributed by atoms with van der Waals surface area (Å²) in [5.74, 6) is 1.88. The van der Waals surface area contributed by atoms with Crippen LogP contribution in [0.5, 0.6) is 0 Å². The summed E-state index contributed by atoms with van der Waals surface area (Å²) in [7, 11) is 0. The van der Waals surface area contributed by atoms with Crippen molar-refractivity contribution in [3.05, 3.63) is 0 Å². The molecule has 0 aliphatic carbocycles. The summed E-state index contributed by atoms with van der Waals surface area (Å²) in [6, 6.07) is 0. The second kappa shape index (κ2) is 26.0. The molecule has 0 saturated carbocycles. The van der Waals surface area contributed by atoms with Crippen LogP contribution in [0, 0.1) is 11.8 Å². The first kappa shape index (κ1) is 29.2. The highest BCUT2D eigenvalue weighted by atomic mass is 79.9. The van der Waals surface area contributed by atoms with Crippen molar-refractivity contribution in [2.75, 3.05) is 10.7 Å². The lowest BCUT2D eigenvalue weighted by atomic mass is 9.97. The third-order valence-electron chi connectivity index (χ3n) is 5.30. The van der Waals surface area contributed by atoms with E-state index in [1.165, 1.54) is 113 Å². The maximum Gasteiger partial charge on any atom is 0.00596 e. The van der Waals surface area contributed by atoms with E-state index in [9.17, 15) is 0 Å². The van der Waals surface area contributed by atoms with Crippen molar-refractivity contribution < 1.29 is 0 Å². The molecule has 2 unspecified atom stereocenters. The lowest BCUT2D eigenvalue weighted by Crippen LogP contribution is -2.01. The highest BCUT2D eigenvalue weighted by Gasteiger charge is 2.06. The normalized spacial score (nSPS) is 13.2. The fraction of sp³-hybridized carbons (Fsp3) is 1.00. The van der Waals surface area contributed by atoms with Crippen LogP contribution in [0.4, 0.5) is 0 Å². The minimum atomic E-state index is 0.941. The first-order chi connectivity index (χ1) is 12.7. The molecular formula is C24H50Br2. The molecule has 0 spiro atoms. The van der Waals surface area contributed by atoms with Gasteiger partial charge in [0, 0.05) is 10.7 Å². The van der Waals surface area contributed by atoms with Crippen molar-refractivity contribution >= 4 is 31.9 Å². The molecule has 26 heavy (non-hydrogen) atoms. The molecule has 0 aromatic carbocycles. The standard InChI is InChI=1S/2C12H25Br/c2*1-3-5-7-8-10-12(11-13)9-6-4-2/h2*12H,3-11H2,1-2H3. The van der Waals surface area contributed by atoms with Crippen LogP contribution in [-0.2, 0) is 0 Å². The molecule has 0 aliphatic rings. The molecule has 0 N–H and O–H groups in total. The van der Waals surface area contributed by atoms with Gasteiger partial charge in [-0.1, -0.05) is 137 Å². The number of halogens is 2. The van der Waals surface area contributed by atoms with Gasteiger partial charge in [-0.05, 0) is 37.5 Å². The largest absolute Gasteiger partial charge is 0.0925 e. The summed E-state index contributed by atoms with van der Waals surface area (Å²) < 4.78 is 0. The molecule has 0 fully saturated rings. The van der Waals surface area contributed by atoms with Gasteiger partial charge in [0.2, 0.25) is 0 Å². The van der Waals surface area contributed by atoms with Crippen molar-refractivity contribution in [1.82, 2.24) is 0 Å². The lowest BCUT2D eigenvalue weighted by Gasteiger charge is -2.12. The molecule has 0 rings (SSSR count). The summed E-state index contributed by atoms with van der Waals surface area (Å²) >= 11 is 7.23. The van der Waals surface area contributed by atoms with Crippen LogP contribution < -0.4 is 0 Å². The number of unbranched alkanes of at least 4 members (excludes halogenated alkanes) is 8. The van der Waals surface area contributed by atoms with E-state index < -0.39 is 0 Å². The zero-order valence-corrected chi connectivity index (χ0v) is 21.8. The fourth-order valence-electron chi connectivity index (χ4n) is 3.30. The van der Waals surface area contributed by atoms with E-state index in [0.29, 0.717) is 0 Å². The monoisotopic (exact) mass is 496 g/mol. The molecule has 0 aromatic rings. The van der Waals surface area contributed by atoms with E-state index in [1.807, 2.05) is 0 Å². The van der Waals surface area contributed by atoms with Gasteiger partial charge in [0.25, 0.3) is 0 Å². The van der Waals surface area contributed by atoms with Gasteiger partial charge in [-0.2, -0.15) is 0 Å². The number of alkyl halides is 2. The van der Waals surface area contributed by atoms with Gasteiger partial charge in [-0.3, -0.25) is 0 Å². The molecule has 0 nitrogen and oxygen atoms in total. The number of rotatable bonds is 18. The minimum absolute atomic E-state index is 0.941.